The number of aromatic nitrogens is 2. The molecule has 3 N–H and O–H groups in total. The molecule has 3 heterocycles. The number of rotatable bonds is 11. The Morgan fingerprint density at radius 2 is 1.95 bits per heavy atom. The maximum atomic E-state index is 14.5. The van der Waals surface area contributed by atoms with Crippen LogP contribution in [0.2, 0.25) is 0 Å². The van der Waals surface area contributed by atoms with Crippen LogP contribution in [0.25, 0.3) is 33.4 Å². The van der Waals surface area contributed by atoms with Crippen LogP contribution in [0.4, 0.5) is 4.39 Å². The number of amides is 1. The second kappa shape index (κ2) is 12.6. The number of hydrogen-bond acceptors (Lipinski definition) is 4. The first kappa shape index (κ1) is 29.5. The minimum atomic E-state index is -0.518. The molecular formula is C36H38FN3O4. The number of carbonyl (C=O) groups is 1. The molecular weight excluding hydrogens is 557 g/mol. The highest BCUT2D eigenvalue weighted by molar-refractivity contribution is 6.02. The molecule has 2 aromatic heterocycles. The van der Waals surface area contributed by atoms with Gasteiger partial charge >= 0.3 is 0 Å². The van der Waals surface area contributed by atoms with E-state index in [2.05, 4.69) is 21.8 Å². The quantitative estimate of drug-likeness (QED) is 0.155. The van der Waals surface area contributed by atoms with Gasteiger partial charge in [0.1, 0.15) is 5.82 Å². The van der Waals surface area contributed by atoms with E-state index in [1.807, 2.05) is 61.7 Å². The van der Waals surface area contributed by atoms with Crippen molar-refractivity contribution in [1.29, 1.82) is 0 Å². The number of hydrogen-bond donors (Lipinski definition) is 3. The second-order valence-corrected chi connectivity index (χ2v) is 11.5. The minimum Gasteiger partial charge on any atom is -0.493 e. The average Bonchev–Trinajstić information content (AvgIpc) is 3.62. The molecule has 0 aliphatic carbocycles. The molecule has 0 radical (unpaired) electrons. The number of aliphatic hydroxyl groups excluding tert-OH is 1. The van der Waals surface area contributed by atoms with Crippen LogP contribution < -0.4 is 14.8 Å². The molecule has 228 valence electrons. The van der Waals surface area contributed by atoms with Gasteiger partial charge in [-0.25, -0.2) is 4.39 Å². The Morgan fingerprint density at radius 3 is 2.73 bits per heavy atom. The van der Waals surface area contributed by atoms with Crippen molar-refractivity contribution in [3.63, 3.8) is 0 Å². The molecule has 6 rings (SSSR count). The van der Waals surface area contributed by atoms with Crippen LogP contribution in [0.15, 0.2) is 72.9 Å². The van der Waals surface area contributed by atoms with Crippen LogP contribution in [0.5, 0.6) is 11.5 Å². The number of aliphatic hydroxyl groups is 1. The fourth-order valence-corrected chi connectivity index (χ4v) is 6.33. The van der Waals surface area contributed by atoms with Gasteiger partial charge in [0, 0.05) is 40.5 Å². The number of H-pyrrole nitrogens is 1. The number of carbonyl (C=O) groups excluding carboxylic acids is 1. The maximum absolute atomic E-state index is 14.5. The van der Waals surface area contributed by atoms with Crippen molar-refractivity contribution < 1.29 is 23.8 Å². The number of aromatic amines is 1. The fourth-order valence-electron chi connectivity index (χ4n) is 6.33. The van der Waals surface area contributed by atoms with Crippen molar-refractivity contribution in [2.24, 2.45) is 0 Å². The molecule has 0 fully saturated rings. The lowest BCUT2D eigenvalue weighted by Gasteiger charge is -2.24. The van der Waals surface area contributed by atoms with Gasteiger partial charge in [-0.3, -0.25) is 4.79 Å². The lowest BCUT2D eigenvalue weighted by atomic mass is 9.97. The normalized spacial score (nSPS) is 13.7. The van der Waals surface area contributed by atoms with Crippen molar-refractivity contribution in [3.05, 3.63) is 95.4 Å². The second-order valence-electron chi connectivity index (χ2n) is 11.5. The standard InChI is InChI=1S/C36H38FN3O4/c1-4-8-22(2)44-34-19-29-23(17-33(34)43-3)13-14-40-32(29)18-30(35(40)24-9-7-10-26(37)15-24)36(42)39-27(21-41)16-25-20-38-31-12-6-5-11-28(25)31/h5-7,9-12,15,17-20,22,27,38,41H,4,8,13-14,16,21H2,1-3H3,(H,39,42)/t22?,27-/m1/s1. The zero-order valence-electron chi connectivity index (χ0n) is 25.3. The van der Waals surface area contributed by atoms with Gasteiger partial charge < -0.3 is 29.4 Å². The monoisotopic (exact) mass is 595 g/mol. The third-order valence-electron chi connectivity index (χ3n) is 8.43. The average molecular weight is 596 g/mol. The van der Waals surface area contributed by atoms with Crippen molar-refractivity contribution in [2.45, 2.75) is 58.2 Å². The molecule has 8 heteroatoms. The van der Waals surface area contributed by atoms with E-state index >= 15 is 0 Å². The van der Waals surface area contributed by atoms with Gasteiger partial charge in [-0.05, 0) is 73.7 Å². The van der Waals surface area contributed by atoms with Gasteiger partial charge in [0.25, 0.3) is 5.91 Å². The molecule has 0 bridgehead atoms. The Hall–Kier alpha value is -4.56. The van der Waals surface area contributed by atoms with Gasteiger partial charge in [0.15, 0.2) is 11.5 Å². The number of ether oxygens (including phenoxy) is 2. The number of fused-ring (bicyclic) bond motifs is 4. The predicted octanol–water partition coefficient (Wildman–Crippen LogP) is 6.91. The molecule has 1 aliphatic rings. The van der Waals surface area contributed by atoms with Gasteiger partial charge in [-0.2, -0.15) is 0 Å². The van der Waals surface area contributed by atoms with Gasteiger partial charge in [0.05, 0.1) is 37.1 Å². The van der Waals surface area contributed by atoms with E-state index in [1.165, 1.54) is 12.1 Å². The van der Waals surface area contributed by atoms with Crippen LogP contribution >= 0.6 is 0 Å². The van der Waals surface area contributed by atoms with Crippen LogP contribution in [0, 0.1) is 5.82 Å². The fraction of sp³-hybridized carbons (Fsp3) is 0.306. The van der Waals surface area contributed by atoms with E-state index in [0.29, 0.717) is 47.7 Å². The van der Waals surface area contributed by atoms with Gasteiger partial charge in [-0.15, -0.1) is 0 Å². The Balaban J connectivity index is 1.40. The summed E-state index contributed by atoms with van der Waals surface area (Å²) in [5.41, 5.74) is 6.58. The number of nitrogens with one attached hydrogen (secondary N) is 2. The first-order valence-corrected chi connectivity index (χ1v) is 15.2. The van der Waals surface area contributed by atoms with E-state index in [9.17, 15) is 14.3 Å². The minimum absolute atomic E-state index is 0.0130. The summed E-state index contributed by atoms with van der Waals surface area (Å²) in [7, 11) is 1.64. The van der Waals surface area contributed by atoms with Crippen LogP contribution in [0.3, 0.4) is 0 Å². The highest BCUT2D eigenvalue weighted by Crippen LogP contribution is 2.43. The molecule has 1 unspecified atom stereocenters. The third kappa shape index (κ3) is 5.69. The molecule has 1 amide bonds. The first-order chi connectivity index (χ1) is 21.4. The van der Waals surface area contributed by atoms with Crippen molar-refractivity contribution in [1.82, 2.24) is 14.9 Å². The summed E-state index contributed by atoms with van der Waals surface area (Å²) >= 11 is 0. The van der Waals surface area contributed by atoms with Crippen LogP contribution in [-0.4, -0.2) is 46.4 Å². The Bertz CT molecular complexity index is 1810. The van der Waals surface area contributed by atoms with Gasteiger partial charge in [-0.1, -0.05) is 43.7 Å². The highest BCUT2D eigenvalue weighted by atomic mass is 19.1. The Labute approximate surface area is 256 Å². The van der Waals surface area contributed by atoms with Crippen LogP contribution in [-0.2, 0) is 19.4 Å². The molecule has 0 spiro atoms. The largest absolute Gasteiger partial charge is 0.493 e. The molecule has 3 aromatic carbocycles. The molecule has 7 nitrogen and oxygen atoms in total. The number of methoxy groups -OCH3 is 1. The molecule has 0 saturated carbocycles. The number of nitrogens with zero attached hydrogens (tertiary/aromatic N) is 1. The van der Waals surface area contributed by atoms with Crippen LogP contribution in [0.1, 0.15) is 48.2 Å². The van der Waals surface area contributed by atoms with Crippen molar-refractivity contribution >= 4 is 16.8 Å². The third-order valence-corrected chi connectivity index (χ3v) is 8.43. The summed E-state index contributed by atoms with van der Waals surface area (Å²) < 4.78 is 28.6. The summed E-state index contributed by atoms with van der Waals surface area (Å²) in [5, 5.41) is 14.4. The van der Waals surface area contributed by atoms with E-state index in [4.69, 9.17) is 9.47 Å². The number of halogens is 1. The molecule has 1 aliphatic heterocycles. The van der Waals surface area contributed by atoms with E-state index < -0.39 is 6.04 Å². The number of aryl methyl sites for hydroxylation is 1. The van der Waals surface area contributed by atoms with E-state index in [0.717, 1.165) is 46.1 Å². The lowest BCUT2D eigenvalue weighted by molar-refractivity contribution is 0.0917. The van der Waals surface area contributed by atoms with Crippen molar-refractivity contribution in [3.8, 4) is 34.0 Å². The van der Waals surface area contributed by atoms with Crippen molar-refractivity contribution in [2.75, 3.05) is 13.7 Å². The lowest BCUT2D eigenvalue weighted by Crippen LogP contribution is -2.39. The Kier molecular flexibility index (Phi) is 8.44. The van der Waals surface area contributed by atoms with Gasteiger partial charge in [0.2, 0.25) is 0 Å². The zero-order chi connectivity index (χ0) is 30.8. The summed E-state index contributed by atoms with van der Waals surface area (Å²) in [6.45, 7) is 4.55. The summed E-state index contributed by atoms with van der Waals surface area (Å²) in [6, 6.07) is 19.7. The number of benzene rings is 3. The number of para-hydroxylation sites is 1. The molecule has 44 heavy (non-hydrogen) atoms. The van der Waals surface area contributed by atoms with E-state index in [-0.39, 0.29) is 24.4 Å². The maximum Gasteiger partial charge on any atom is 0.253 e. The molecule has 0 saturated heterocycles. The highest BCUT2D eigenvalue weighted by Gasteiger charge is 2.29. The summed E-state index contributed by atoms with van der Waals surface area (Å²) in [5.74, 6) is 0.629. The smallest absolute Gasteiger partial charge is 0.253 e. The zero-order valence-corrected chi connectivity index (χ0v) is 25.3. The van der Waals surface area contributed by atoms with E-state index in [1.54, 1.807) is 13.2 Å². The molecule has 2 atom stereocenters. The molecule has 5 aromatic rings. The summed E-state index contributed by atoms with van der Waals surface area (Å²) in [6.07, 6.45) is 5.01. The SMILES string of the molecule is CCCC(C)Oc1cc2c(cc1OC)CCn1c-2cc(C(=O)N[C@@H](CO)Cc2c[nH]c3ccccc23)c1-c1cccc(F)c1. The summed E-state index contributed by atoms with van der Waals surface area (Å²) in [4.78, 5) is 17.3. The predicted molar refractivity (Wildman–Crippen MR) is 171 cm³/mol. The first-order valence-electron chi connectivity index (χ1n) is 15.2. The Morgan fingerprint density at radius 1 is 1.11 bits per heavy atom. The topological polar surface area (TPSA) is 88.5 Å².